The van der Waals surface area contributed by atoms with Crippen molar-refractivity contribution in [1.82, 2.24) is 4.98 Å². The number of nitrogens with zero attached hydrogens (tertiary/aromatic N) is 2. The van der Waals surface area contributed by atoms with Gasteiger partial charge in [-0.1, -0.05) is 0 Å². The first-order valence-electron chi connectivity index (χ1n) is 3.92. The summed E-state index contributed by atoms with van der Waals surface area (Å²) in [5.41, 5.74) is 0.206. The number of pyridine rings is 1. The summed E-state index contributed by atoms with van der Waals surface area (Å²) >= 11 is 0. The number of nitro groups is 1. The van der Waals surface area contributed by atoms with Gasteiger partial charge in [-0.3, -0.25) is 0 Å². The maximum absolute atomic E-state index is 11.1. The van der Waals surface area contributed by atoms with Crippen LogP contribution in [0.3, 0.4) is 0 Å². The minimum absolute atomic E-state index is 0.206. The molecule has 0 spiro atoms. The Bertz CT molecular complexity index is 347. The van der Waals surface area contributed by atoms with E-state index in [4.69, 9.17) is 0 Å². The number of ether oxygens (including phenoxy) is 1. The Kier molecular flexibility index (Phi) is 3.11. The van der Waals surface area contributed by atoms with Crippen molar-refractivity contribution >= 4 is 11.8 Å². The highest BCUT2D eigenvalue weighted by atomic mass is 16.6. The Hall–Kier alpha value is -1.98. The lowest BCUT2D eigenvalue weighted by atomic mass is 10.3. The molecule has 74 valence electrons. The topological polar surface area (TPSA) is 82.3 Å². The molecule has 14 heavy (non-hydrogen) atoms. The molecular weight excluding hydrogens is 188 g/mol. The van der Waals surface area contributed by atoms with Crippen molar-refractivity contribution in [2.24, 2.45) is 0 Å². The number of esters is 1. The van der Waals surface area contributed by atoms with Gasteiger partial charge in [-0.05, 0) is 22.9 Å². The molecule has 0 bridgehead atoms. The number of carbonyl (C=O) groups is 1. The SMILES string of the molecule is CCOC(=O)c1ccc([N+](=O)[O-])nc1. The van der Waals surface area contributed by atoms with Gasteiger partial charge < -0.3 is 14.9 Å². The maximum atomic E-state index is 11.1. The fraction of sp³-hybridized carbons (Fsp3) is 0.250. The Morgan fingerprint density at radius 3 is 2.79 bits per heavy atom. The molecule has 0 saturated heterocycles. The first kappa shape index (κ1) is 10.1. The third kappa shape index (κ3) is 2.25. The highest BCUT2D eigenvalue weighted by molar-refractivity contribution is 5.89. The van der Waals surface area contributed by atoms with Crippen molar-refractivity contribution in [3.8, 4) is 0 Å². The number of hydrogen-bond acceptors (Lipinski definition) is 5. The van der Waals surface area contributed by atoms with Crippen molar-refractivity contribution in [3.63, 3.8) is 0 Å². The van der Waals surface area contributed by atoms with Gasteiger partial charge in [0.1, 0.15) is 5.56 Å². The summed E-state index contributed by atoms with van der Waals surface area (Å²) in [4.78, 5) is 24.2. The molecule has 0 fully saturated rings. The first-order valence-corrected chi connectivity index (χ1v) is 3.92. The molecule has 6 heteroatoms. The van der Waals surface area contributed by atoms with Crippen LogP contribution < -0.4 is 0 Å². The molecule has 0 aliphatic carbocycles. The van der Waals surface area contributed by atoms with Crippen molar-refractivity contribution in [2.75, 3.05) is 6.61 Å². The fourth-order valence-electron chi connectivity index (χ4n) is 0.829. The smallest absolute Gasteiger partial charge is 0.363 e. The summed E-state index contributed by atoms with van der Waals surface area (Å²) in [5.74, 6) is -0.826. The van der Waals surface area contributed by atoms with Crippen LogP contribution in [0.5, 0.6) is 0 Å². The van der Waals surface area contributed by atoms with Crippen LogP contribution in [0.25, 0.3) is 0 Å². The highest BCUT2D eigenvalue weighted by Gasteiger charge is 2.11. The van der Waals surface area contributed by atoms with Gasteiger partial charge in [0.25, 0.3) is 0 Å². The van der Waals surface area contributed by atoms with Crippen molar-refractivity contribution in [3.05, 3.63) is 34.0 Å². The van der Waals surface area contributed by atoms with Crippen LogP contribution in [-0.2, 0) is 4.74 Å². The molecule has 6 nitrogen and oxygen atoms in total. The molecular formula is C8H8N2O4. The van der Waals surface area contributed by atoms with E-state index in [0.29, 0.717) is 0 Å². The van der Waals surface area contributed by atoms with Crippen LogP contribution in [-0.4, -0.2) is 22.5 Å². The summed E-state index contributed by atoms with van der Waals surface area (Å²) in [5, 5.41) is 10.2. The standard InChI is InChI=1S/C8H8N2O4/c1-2-14-8(11)6-3-4-7(9-5-6)10(12)13/h3-5H,2H2,1H3. The van der Waals surface area contributed by atoms with Crippen LogP contribution in [0.2, 0.25) is 0 Å². The van der Waals surface area contributed by atoms with E-state index in [0.717, 1.165) is 12.3 Å². The summed E-state index contributed by atoms with van der Waals surface area (Å²) in [6.45, 7) is 1.94. The summed E-state index contributed by atoms with van der Waals surface area (Å²) in [6, 6.07) is 2.47. The van der Waals surface area contributed by atoms with Gasteiger partial charge in [-0.15, -0.1) is 0 Å². The Morgan fingerprint density at radius 1 is 1.64 bits per heavy atom. The molecule has 0 N–H and O–H groups in total. The van der Waals surface area contributed by atoms with E-state index >= 15 is 0 Å². The van der Waals surface area contributed by atoms with Crippen LogP contribution in [0, 0.1) is 10.1 Å². The first-order chi connectivity index (χ1) is 6.65. The van der Waals surface area contributed by atoms with Crippen LogP contribution >= 0.6 is 0 Å². The third-order valence-corrected chi connectivity index (χ3v) is 1.45. The molecule has 0 aromatic carbocycles. The second-order valence-electron chi connectivity index (χ2n) is 2.38. The predicted molar refractivity (Wildman–Crippen MR) is 46.8 cm³/mol. The van der Waals surface area contributed by atoms with Gasteiger partial charge >= 0.3 is 11.8 Å². The van der Waals surface area contributed by atoms with Gasteiger partial charge in [0.15, 0.2) is 6.20 Å². The van der Waals surface area contributed by atoms with Crippen molar-refractivity contribution < 1.29 is 14.5 Å². The quantitative estimate of drug-likeness (QED) is 0.411. The third-order valence-electron chi connectivity index (χ3n) is 1.45. The lowest BCUT2D eigenvalue weighted by Crippen LogP contribution is -2.05. The van der Waals surface area contributed by atoms with Gasteiger partial charge in [-0.2, -0.15) is 0 Å². The minimum Gasteiger partial charge on any atom is -0.462 e. The number of carbonyl (C=O) groups excluding carboxylic acids is 1. The molecule has 0 saturated carbocycles. The number of rotatable bonds is 3. The molecule has 0 aliphatic heterocycles. The van der Waals surface area contributed by atoms with Crippen LogP contribution in [0.15, 0.2) is 18.3 Å². The minimum atomic E-state index is -0.630. The van der Waals surface area contributed by atoms with E-state index in [9.17, 15) is 14.9 Å². The number of hydrogen-bond donors (Lipinski definition) is 0. The van der Waals surface area contributed by atoms with Crippen molar-refractivity contribution in [2.45, 2.75) is 6.92 Å². The Labute approximate surface area is 79.7 Å². The summed E-state index contributed by atoms with van der Waals surface area (Å²) < 4.78 is 4.68. The molecule has 1 aromatic rings. The van der Waals surface area contributed by atoms with Gasteiger partial charge in [0.2, 0.25) is 0 Å². The molecule has 0 atom stereocenters. The molecule has 0 aliphatic rings. The predicted octanol–water partition coefficient (Wildman–Crippen LogP) is 1.17. The zero-order valence-electron chi connectivity index (χ0n) is 7.47. The van der Waals surface area contributed by atoms with Crippen LogP contribution in [0.4, 0.5) is 5.82 Å². The maximum Gasteiger partial charge on any atom is 0.363 e. The molecule has 0 radical (unpaired) electrons. The molecule has 1 rings (SSSR count). The monoisotopic (exact) mass is 196 g/mol. The molecule has 1 aromatic heterocycles. The average molecular weight is 196 g/mol. The zero-order chi connectivity index (χ0) is 10.6. The molecule has 0 amide bonds. The normalized spacial score (nSPS) is 9.50. The lowest BCUT2D eigenvalue weighted by molar-refractivity contribution is -0.389. The lowest BCUT2D eigenvalue weighted by Gasteiger charge is -1.98. The molecule has 0 unspecified atom stereocenters. The van der Waals surface area contributed by atoms with Crippen molar-refractivity contribution in [1.29, 1.82) is 0 Å². The average Bonchev–Trinajstić information content (AvgIpc) is 2.18. The summed E-state index contributed by atoms with van der Waals surface area (Å²) in [7, 11) is 0. The van der Waals surface area contributed by atoms with E-state index in [1.54, 1.807) is 6.92 Å². The summed E-state index contributed by atoms with van der Waals surface area (Å²) in [6.07, 6.45) is 1.12. The van der Waals surface area contributed by atoms with E-state index < -0.39 is 10.9 Å². The number of aromatic nitrogens is 1. The Balaban J connectivity index is 2.83. The van der Waals surface area contributed by atoms with E-state index in [-0.39, 0.29) is 18.0 Å². The zero-order valence-corrected chi connectivity index (χ0v) is 7.47. The van der Waals surface area contributed by atoms with E-state index in [1.165, 1.54) is 6.07 Å². The largest absolute Gasteiger partial charge is 0.462 e. The van der Waals surface area contributed by atoms with E-state index in [2.05, 4.69) is 9.72 Å². The van der Waals surface area contributed by atoms with Gasteiger partial charge in [-0.25, -0.2) is 4.79 Å². The van der Waals surface area contributed by atoms with Crippen LogP contribution in [0.1, 0.15) is 17.3 Å². The van der Waals surface area contributed by atoms with E-state index in [1.807, 2.05) is 0 Å². The van der Waals surface area contributed by atoms with Gasteiger partial charge in [0.05, 0.1) is 6.61 Å². The second kappa shape index (κ2) is 4.31. The molecule has 1 heterocycles. The second-order valence-corrected chi connectivity index (χ2v) is 2.38. The highest BCUT2D eigenvalue weighted by Crippen LogP contribution is 2.08. The Morgan fingerprint density at radius 2 is 2.36 bits per heavy atom. The fourth-order valence-corrected chi connectivity index (χ4v) is 0.829. The van der Waals surface area contributed by atoms with Gasteiger partial charge in [0, 0.05) is 6.07 Å².